The van der Waals surface area contributed by atoms with Crippen LogP contribution in [0, 0.1) is 0 Å². The zero-order valence-electron chi connectivity index (χ0n) is 14.0. The minimum Gasteiger partial charge on any atom is -0.465 e. The molecule has 1 aromatic heterocycles. The summed E-state index contributed by atoms with van der Waals surface area (Å²) in [6.07, 6.45) is 0. The van der Waals surface area contributed by atoms with Crippen molar-refractivity contribution >= 4 is 22.8 Å². The van der Waals surface area contributed by atoms with Gasteiger partial charge in [0.2, 0.25) is 0 Å². The van der Waals surface area contributed by atoms with Crippen LogP contribution in [-0.2, 0) is 20.9 Å². The first-order valence-corrected chi connectivity index (χ1v) is 7.80. The van der Waals surface area contributed by atoms with Gasteiger partial charge in [-0.25, -0.2) is 9.78 Å². The molecule has 0 aliphatic carbocycles. The van der Waals surface area contributed by atoms with Gasteiger partial charge in [0.05, 0.1) is 23.9 Å². The van der Waals surface area contributed by atoms with Crippen LogP contribution in [0.4, 0.5) is 0 Å². The first kappa shape index (κ1) is 16.6. The van der Waals surface area contributed by atoms with Gasteiger partial charge in [0.25, 0.3) is 0 Å². The molecule has 5 heteroatoms. The lowest BCUT2D eigenvalue weighted by atomic mass is 9.94. The molecular weight excluding hydrogens is 318 g/mol. The molecule has 0 spiro atoms. The van der Waals surface area contributed by atoms with Gasteiger partial charge in [-0.2, -0.15) is 0 Å². The quantitative estimate of drug-likeness (QED) is 0.679. The van der Waals surface area contributed by atoms with E-state index in [1.54, 1.807) is 0 Å². The second-order valence-corrected chi connectivity index (χ2v) is 5.46. The summed E-state index contributed by atoms with van der Waals surface area (Å²) in [6.45, 7) is 1.22. The number of fused-ring (bicyclic) bond motifs is 1. The fraction of sp³-hybridized carbons (Fsp3) is 0.150. The summed E-state index contributed by atoms with van der Waals surface area (Å²) in [5, 5.41) is 0.834. The van der Waals surface area contributed by atoms with E-state index in [0.29, 0.717) is 11.3 Å². The van der Waals surface area contributed by atoms with Crippen LogP contribution in [0.3, 0.4) is 0 Å². The molecule has 126 valence electrons. The number of hydrogen-bond donors (Lipinski definition) is 0. The number of ether oxygens (including phenoxy) is 2. The fourth-order valence-corrected chi connectivity index (χ4v) is 2.76. The van der Waals surface area contributed by atoms with E-state index in [1.165, 1.54) is 14.0 Å². The molecule has 0 saturated heterocycles. The Bertz CT molecular complexity index is 935. The van der Waals surface area contributed by atoms with Crippen molar-refractivity contribution in [1.29, 1.82) is 0 Å². The van der Waals surface area contributed by atoms with Crippen LogP contribution in [0.1, 0.15) is 23.0 Å². The molecule has 1 heterocycles. The predicted molar refractivity (Wildman–Crippen MR) is 94.0 cm³/mol. The van der Waals surface area contributed by atoms with Gasteiger partial charge < -0.3 is 9.47 Å². The van der Waals surface area contributed by atoms with Crippen molar-refractivity contribution < 1.29 is 19.1 Å². The lowest BCUT2D eigenvalue weighted by Crippen LogP contribution is -2.13. The SMILES string of the molecule is COC(=O)c1c(COC(C)=O)nc2ccccc2c1-c1ccccc1. The smallest absolute Gasteiger partial charge is 0.340 e. The molecule has 0 radical (unpaired) electrons. The molecule has 0 amide bonds. The lowest BCUT2D eigenvalue weighted by Gasteiger charge is -2.16. The number of carbonyl (C=O) groups is 2. The van der Waals surface area contributed by atoms with Crippen molar-refractivity contribution in [1.82, 2.24) is 4.98 Å². The molecule has 0 N–H and O–H groups in total. The number of benzene rings is 2. The Kier molecular flexibility index (Phi) is 4.75. The summed E-state index contributed by atoms with van der Waals surface area (Å²) in [5.74, 6) is -0.953. The van der Waals surface area contributed by atoms with Crippen molar-refractivity contribution in [2.45, 2.75) is 13.5 Å². The van der Waals surface area contributed by atoms with E-state index in [0.717, 1.165) is 22.0 Å². The van der Waals surface area contributed by atoms with Gasteiger partial charge in [0.1, 0.15) is 6.61 Å². The highest BCUT2D eigenvalue weighted by molar-refractivity contribution is 6.07. The molecule has 0 bridgehead atoms. The Morgan fingerprint density at radius 3 is 2.36 bits per heavy atom. The molecule has 25 heavy (non-hydrogen) atoms. The Morgan fingerprint density at radius 2 is 1.68 bits per heavy atom. The molecule has 3 rings (SSSR count). The average molecular weight is 335 g/mol. The molecule has 0 unspecified atom stereocenters. The number of rotatable bonds is 4. The van der Waals surface area contributed by atoms with Crippen molar-refractivity contribution in [3.05, 3.63) is 65.9 Å². The number of nitrogens with zero attached hydrogens (tertiary/aromatic N) is 1. The van der Waals surface area contributed by atoms with E-state index in [9.17, 15) is 9.59 Å². The van der Waals surface area contributed by atoms with Crippen molar-refractivity contribution in [2.75, 3.05) is 7.11 Å². The minimum absolute atomic E-state index is 0.0928. The third kappa shape index (κ3) is 3.35. The molecule has 0 aliphatic rings. The molecule has 5 nitrogen and oxygen atoms in total. The summed E-state index contributed by atoms with van der Waals surface area (Å²) in [6, 6.07) is 17.1. The molecule has 3 aromatic rings. The van der Waals surface area contributed by atoms with Crippen LogP contribution in [0.15, 0.2) is 54.6 Å². The Balaban J connectivity index is 2.35. The Labute approximate surface area is 145 Å². The molecular formula is C20H17NO4. The van der Waals surface area contributed by atoms with Crippen LogP contribution < -0.4 is 0 Å². The molecule has 0 atom stereocenters. The molecule has 0 saturated carbocycles. The van der Waals surface area contributed by atoms with E-state index >= 15 is 0 Å². The molecule has 2 aromatic carbocycles. The van der Waals surface area contributed by atoms with Gasteiger partial charge in [-0.15, -0.1) is 0 Å². The topological polar surface area (TPSA) is 65.5 Å². The van der Waals surface area contributed by atoms with Gasteiger partial charge in [-0.3, -0.25) is 4.79 Å². The highest BCUT2D eigenvalue weighted by atomic mass is 16.5. The lowest BCUT2D eigenvalue weighted by molar-refractivity contribution is -0.142. The normalized spacial score (nSPS) is 10.5. The second-order valence-electron chi connectivity index (χ2n) is 5.46. The minimum atomic E-state index is -0.515. The van der Waals surface area contributed by atoms with E-state index < -0.39 is 11.9 Å². The fourth-order valence-electron chi connectivity index (χ4n) is 2.76. The van der Waals surface area contributed by atoms with Crippen LogP contribution in [0.5, 0.6) is 0 Å². The van der Waals surface area contributed by atoms with Gasteiger partial charge in [-0.05, 0) is 11.6 Å². The third-order valence-corrected chi connectivity index (χ3v) is 3.83. The zero-order valence-corrected chi connectivity index (χ0v) is 14.0. The van der Waals surface area contributed by atoms with Crippen LogP contribution in [0.25, 0.3) is 22.0 Å². The third-order valence-electron chi connectivity index (χ3n) is 3.83. The standard InChI is InChI=1S/C20H17NO4/c1-13(22)25-12-17-19(20(23)24-2)18(14-8-4-3-5-9-14)15-10-6-7-11-16(15)21-17/h3-11H,12H2,1-2H3. The highest BCUT2D eigenvalue weighted by Crippen LogP contribution is 2.33. The summed E-state index contributed by atoms with van der Waals surface area (Å²) in [4.78, 5) is 28.3. The average Bonchev–Trinajstić information content (AvgIpc) is 2.65. The van der Waals surface area contributed by atoms with Gasteiger partial charge >= 0.3 is 11.9 Å². The van der Waals surface area contributed by atoms with Crippen LogP contribution >= 0.6 is 0 Å². The van der Waals surface area contributed by atoms with Gasteiger partial charge in [0, 0.05) is 17.9 Å². The summed E-state index contributed by atoms with van der Waals surface area (Å²) < 4.78 is 10.1. The van der Waals surface area contributed by atoms with Gasteiger partial charge in [0.15, 0.2) is 0 Å². The number of hydrogen-bond acceptors (Lipinski definition) is 5. The summed E-state index contributed by atoms with van der Waals surface area (Å²) in [5.41, 5.74) is 3.00. The number of methoxy groups -OCH3 is 1. The Hall–Kier alpha value is -3.21. The van der Waals surface area contributed by atoms with Crippen molar-refractivity contribution in [2.24, 2.45) is 0 Å². The van der Waals surface area contributed by atoms with E-state index in [-0.39, 0.29) is 6.61 Å². The van der Waals surface area contributed by atoms with Crippen LogP contribution in [-0.4, -0.2) is 24.0 Å². The maximum atomic E-state index is 12.5. The number of aromatic nitrogens is 1. The largest absolute Gasteiger partial charge is 0.465 e. The van der Waals surface area contributed by atoms with Crippen molar-refractivity contribution in [3.8, 4) is 11.1 Å². The first-order chi connectivity index (χ1) is 12.1. The van der Waals surface area contributed by atoms with Gasteiger partial charge in [-0.1, -0.05) is 48.5 Å². The van der Waals surface area contributed by atoms with Crippen molar-refractivity contribution in [3.63, 3.8) is 0 Å². The number of esters is 2. The number of carbonyl (C=O) groups excluding carboxylic acids is 2. The summed E-state index contributed by atoms with van der Waals surface area (Å²) >= 11 is 0. The molecule has 0 fully saturated rings. The maximum absolute atomic E-state index is 12.5. The monoisotopic (exact) mass is 335 g/mol. The maximum Gasteiger partial charge on any atom is 0.340 e. The summed E-state index contributed by atoms with van der Waals surface area (Å²) in [7, 11) is 1.32. The Morgan fingerprint density at radius 1 is 1.00 bits per heavy atom. The number of para-hydroxylation sites is 1. The van der Waals surface area contributed by atoms with E-state index in [4.69, 9.17) is 9.47 Å². The zero-order chi connectivity index (χ0) is 17.8. The second kappa shape index (κ2) is 7.13. The van der Waals surface area contributed by atoms with E-state index in [2.05, 4.69) is 4.98 Å². The van der Waals surface area contributed by atoms with Crippen LogP contribution in [0.2, 0.25) is 0 Å². The highest BCUT2D eigenvalue weighted by Gasteiger charge is 2.23. The molecule has 0 aliphatic heterocycles. The van der Waals surface area contributed by atoms with E-state index in [1.807, 2.05) is 54.6 Å². The number of pyridine rings is 1. The first-order valence-electron chi connectivity index (χ1n) is 7.80. The predicted octanol–water partition coefficient (Wildman–Crippen LogP) is 3.75.